The van der Waals surface area contributed by atoms with Crippen LogP contribution >= 0.6 is 0 Å². The quantitative estimate of drug-likeness (QED) is 0.426. The van der Waals surface area contributed by atoms with Gasteiger partial charge in [0, 0.05) is 0 Å². The van der Waals surface area contributed by atoms with Crippen LogP contribution in [0.2, 0.25) is 0 Å². The number of nitrogens with zero attached hydrogens (tertiary/aromatic N) is 2. The van der Waals surface area contributed by atoms with E-state index in [9.17, 15) is 0 Å². The maximum absolute atomic E-state index is 4.49. The van der Waals surface area contributed by atoms with Gasteiger partial charge in [0.25, 0.3) is 0 Å². The molecule has 0 amide bonds. The summed E-state index contributed by atoms with van der Waals surface area (Å²) >= 11 is 0. The first-order valence-corrected chi connectivity index (χ1v) is 1.56. The first-order valence-electron chi connectivity index (χ1n) is 1.56. The van der Waals surface area contributed by atoms with E-state index in [1.165, 1.54) is 0 Å². The molecule has 0 atom stereocenters. The Morgan fingerprint density at radius 1 is 1.71 bits per heavy atom. The largest absolute Gasteiger partial charge is 1.00 e. The monoisotopic (exact) mass is 185 g/mol. The van der Waals surface area contributed by atoms with E-state index < -0.39 is 0 Å². The van der Waals surface area contributed by atoms with Gasteiger partial charge in [0.1, 0.15) is 0 Å². The van der Waals surface area contributed by atoms with Crippen molar-refractivity contribution in [3.05, 3.63) is 12.3 Å². The predicted molar refractivity (Wildman–Crippen MR) is 17.9 cm³/mol. The zero-order chi connectivity index (χ0) is 4.41. The van der Waals surface area contributed by atoms with Gasteiger partial charge >= 0.3 is 19.5 Å². The zero-order valence-electron chi connectivity index (χ0n) is 3.66. The van der Waals surface area contributed by atoms with Gasteiger partial charge in [0.05, 0.1) is 12.3 Å². The van der Waals surface area contributed by atoms with Crippen molar-refractivity contribution in [1.82, 2.24) is 10.2 Å². The maximum atomic E-state index is 4.49. The van der Waals surface area contributed by atoms with Gasteiger partial charge in [-0.05, 0) is 0 Å². The van der Waals surface area contributed by atoms with Crippen molar-refractivity contribution in [2.75, 3.05) is 0 Å². The fraction of sp³-hybridized carbons (Fsp3) is 0.333. The molecule has 39 valence electrons. The molecule has 0 saturated carbocycles. The third-order valence-electron chi connectivity index (χ3n) is 0.425. The van der Waals surface area contributed by atoms with Crippen LogP contribution in [0.5, 0.6) is 0 Å². The molecule has 4 heteroatoms. The number of aryl methyl sites for hydroxylation is 1. The second-order valence-corrected chi connectivity index (χ2v) is 0.912. The first-order chi connectivity index (χ1) is 2.89. The number of hydrogen-bond acceptors (Lipinski definition) is 3. The number of rotatable bonds is 0. The topological polar surface area (TPSA) is 38.9 Å². The van der Waals surface area contributed by atoms with Gasteiger partial charge in [-0.25, -0.2) is 10.2 Å². The fourth-order valence-electron chi connectivity index (χ4n) is 0.198. The minimum atomic E-state index is 0. The molecule has 0 aliphatic rings. The molecule has 0 aliphatic heterocycles. The second-order valence-electron chi connectivity index (χ2n) is 0.912. The molecule has 1 radical (unpaired) electrons. The average Bonchev–Trinajstić information content (AvgIpc) is 1.86. The summed E-state index contributed by atoms with van der Waals surface area (Å²) < 4.78 is 4.49. The maximum Gasteiger partial charge on any atom is 1.00 e. The van der Waals surface area contributed by atoms with Crippen molar-refractivity contribution in [3.63, 3.8) is 0 Å². The summed E-state index contributed by atoms with van der Waals surface area (Å²) in [5, 5.41) is 6.72. The molecule has 0 aromatic carbocycles. The van der Waals surface area contributed by atoms with Gasteiger partial charge in [0.2, 0.25) is 0 Å². The fourth-order valence-corrected chi connectivity index (χ4v) is 0.198. The Morgan fingerprint density at radius 3 is 2.57 bits per heavy atom. The smallest absolute Gasteiger partial charge is 0.613 e. The van der Waals surface area contributed by atoms with E-state index >= 15 is 0 Å². The van der Waals surface area contributed by atoms with Crippen LogP contribution in [0.3, 0.4) is 0 Å². The molecule has 0 aliphatic carbocycles. The van der Waals surface area contributed by atoms with Crippen molar-refractivity contribution in [1.29, 1.82) is 0 Å². The van der Waals surface area contributed by atoms with Gasteiger partial charge in [-0.2, -0.15) is 0 Å². The summed E-state index contributed by atoms with van der Waals surface area (Å²) in [4.78, 5) is 0. The van der Waals surface area contributed by atoms with Crippen LogP contribution in [-0.2, 0) is 19.5 Å². The third-order valence-corrected chi connectivity index (χ3v) is 0.425. The van der Waals surface area contributed by atoms with Gasteiger partial charge in [0.15, 0.2) is 0 Å². The second kappa shape index (κ2) is 2.86. The summed E-state index contributed by atoms with van der Waals surface area (Å²) in [6.45, 7) is 1.71. The van der Waals surface area contributed by atoms with E-state index in [0.717, 1.165) is 0 Å². The van der Waals surface area contributed by atoms with Crippen molar-refractivity contribution in [3.8, 4) is 0 Å². The third kappa shape index (κ3) is 1.78. The summed E-state index contributed by atoms with van der Waals surface area (Å²) in [6.07, 6.45) is 2.19. The van der Waals surface area contributed by atoms with Crippen LogP contribution in [0.1, 0.15) is 5.89 Å². The Bertz CT molecular complexity index is 116. The van der Waals surface area contributed by atoms with E-state index in [0.29, 0.717) is 5.89 Å². The molecule has 0 bridgehead atoms. The Morgan fingerprint density at radius 2 is 2.43 bits per heavy atom. The summed E-state index contributed by atoms with van der Waals surface area (Å²) in [7, 11) is 0. The molecule has 1 rings (SSSR count). The van der Waals surface area contributed by atoms with E-state index in [-0.39, 0.29) is 19.5 Å². The molecular weight excluding hydrogens is 181 g/mol. The minimum Gasteiger partial charge on any atom is -0.613 e. The standard InChI is InChI=1S/C3H3N2O.Ru/c1-3-5-4-2-6-3;/h1H3;/q-1;+1. The molecule has 7 heavy (non-hydrogen) atoms. The van der Waals surface area contributed by atoms with Crippen molar-refractivity contribution in [2.24, 2.45) is 0 Å². The van der Waals surface area contributed by atoms with Crippen LogP contribution in [-0.4, -0.2) is 10.2 Å². The van der Waals surface area contributed by atoms with Crippen LogP contribution in [0, 0.1) is 13.3 Å². The molecule has 0 fully saturated rings. The van der Waals surface area contributed by atoms with E-state index in [2.05, 4.69) is 21.0 Å². The Balaban J connectivity index is 0.000000360. The van der Waals surface area contributed by atoms with E-state index in [1.54, 1.807) is 6.92 Å². The minimum absolute atomic E-state index is 0. The number of aromatic nitrogens is 2. The molecule has 0 unspecified atom stereocenters. The van der Waals surface area contributed by atoms with E-state index in [4.69, 9.17) is 0 Å². The van der Waals surface area contributed by atoms with Crippen LogP contribution in [0.25, 0.3) is 0 Å². The van der Waals surface area contributed by atoms with Crippen molar-refractivity contribution in [2.45, 2.75) is 6.92 Å². The molecule has 1 aromatic rings. The zero-order valence-corrected chi connectivity index (χ0v) is 5.39. The summed E-state index contributed by atoms with van der Waals surface area (Å²) in [6, 6.07) is 0. The Hall–Kier alpha value is -0.237. The normalized spacial score (nSPS) is 7.57. The average molecular weight is 184 g/mol. The Labute approximate surface area is 53.9 Å². The van der Waals surface area contributed by atoms with Gasteiger partial charge < -0.3 is 4.42 Å². The van der Waals surface area contributed by atoms with Crippen LogP contribution < -0.4 is 0 Å². The van der Waals surface area contributed by atoms with Crippen LogP contribution in [0.15, 0.2) is 4.42 Å². The molecule has 0 saturated heterocycles. The summed E-state index contributed by atoms with van der Waals surface area (Å²) in [5.74, 6) is 0.551. The van der Waals surface area contributed by atoms with Gasteiger partial charge in [-0.15, -0.1) is 0 Å². The summed E-state index contributed by atoms with van der Waals surface area (Å²) in [5.41, 5.74) is 0. The Kier molecular flexibility index (Phi) is 2.76. The van der Waals surface area contributed by atoms with Gasteiger partial charge in [-0.1, -0.05) is 6.92 Å². The van der Waals surface area contributed by atoms with E-state index in [1.807, 2.05) is 0 Å². The molecular formula is C3H3N2ORu. The number of hydrogen-bond donors (Lipinski definition) is 0. The molecule has 3 nitrogen and oxygen atoms in total. The SMILES string of the molecule is Cc1nn[c-]o1.[Ru+]. The van der Waals surface area contributed by atoms with Crippen molar-refractivity contribution < 1.29 is 23.9 Å². The predicted octanol–water partition coefficient (Wildman–Crippen LogP) is 0.176. The van der Waals surface area contributed by atoms with Crippen molar-refractivity contribution >= 4 is 0 Å². The molecule has 1 aromatic heterocycles. The molecule has 1 heterocycles. The molecule has 0 N–H and O–H groups in total. The van der Waals surface area contributed by atoms with Crippen LogP contribution in [0.4, 0.5) is 0 Å². The van der Waals surface area contributed by atoms with Gasteiger partial charge in [-0.3, -0.25) is 0 Å². The first kappa shape index (κ1) is 6.76. The molecule has 0 spiro atoms.